The molecule has 0 fully saturated rings. The van der Waals surface area contributed by atoms with Gasteiger partial charge in [0.2, 0.25) is 5.91 Å². The molecule has 0 rings (SSSR count). The molecule has 90 valence electrons. The predicted octanol–water partition coefficient (Wildman–Crippen LogP) is -0.653. The molecular formula is C10H21NO4. The molecule has 15 heavy (non-hydrogen) atoms. The lowest BCUT2D eigenvalue weighted by Gasteiger charge is -2.31. The standard InChI is InChI=1S/C10H21NO4/c1-4-11(8(3)13)7(2)10(15)5-9(14)6-12/h7,9-10,12,14-15H,4-6H2,1-3H3. The van der Waals surface area contributed by atoms with E-state index in [-0.39, 0.29) is 25.0 Å². The Balaban J connectivity index is 4.27. The summed E-state index contributed by atoms with van der Waals surface area (Å²) in [6.07, 6.45) is -1.69. The molecule has 3 N–H and O–H groups in total. The summed E-state index contributed by atoms with van der Waals surface area (Å²) in [5.41, 5.74) is 0. The zero-order chi connectivity index (χ0) is 12.0. The fourth-order valence-corrected chi connectivity index (χ4v) is 1.56. The van der Waals surface area contributed by atoms with Crippen LogP contribution in [0, 0.1) is 0 Å². The Labute approximate surface area is 90.3 Å². The van der Waals surface area contributed by atoms with Gasteiger partial charge in [0.25, 0.3) is 0 Å². The summed E-state index contributed by atoms with van der Waals surface area (Å²) in [5.74, 6) is -0.109. The average Bonchev–Trinajstić information content (AvgIpc) is 2.17. The van der Waals surface area contributed by atoms with Crippen LogP contribution in [-0.4, -0.2) is 57.5 Å². The van der Waals surface area contributed by atoms with Crippen molar-refractivity contribution in [3.8, 4) is 0 Å². The number of hydrogen-bond donors (Lipinski definition) is 3. The number of rotatable bonds is 6. The molecule has 0 aromatic heterocycles. The van der Waals surface area contributed by atoms with Crippen molar-refractivity contribution in [2.45, 2.75) is 45.4 Å². The number of nitrogens with zero attached hydrogens (tertiary/aromatic N) is 1. The highest BCUT2D eigenvalue weighted by molar-refractivity contribution is 5.73. The molecule has 0 bridgehead atoms. The largest absolute Gasteiger partial charge is 0.394 e. The van der Waals surface area contributed by atoms with Crippen LogP contribution in [0.15, 0.2) is 0 Å². The maximum atomic E-state index is 11.2. The minimum Gasteiger partial charge on any atom is -0.394 e. The van der Waals surface area contributed by atoms with E-state index in [1.165, 1.54) is 11.8 Å². The number of amides is 1. The smallest absolute Gasteiger partial charge is 0.219 e. The van der Waals surface area contributed by atoms with E-state index in [1.807, 2.05) is 6.92 Å². The normalized spacial score (nSPS) is 16.9. The van der Waals surface area contributed by atoms with Gasteiger partial charge in [0.05, 0.1) is 24.9 Å². The van der Waals surface area contributed by atoms with E-state index in [0.717, 1.165) is 0 Å². The van der Waals surface area contributed by atoms with Crippen LogP contribution in [0.1, 0.15) is 27.2 Å². The molecule has 0 aliphatic heterocycles. The van der Waals surface area contributed by atoms with E-state index >= 15 is 0 Å². The Bertz CT molecular complexity index is 198. The van der Waals surface area contributed by atoms with E-state index in [0.29, 0.717) is 6.54 Å². The van der Waals surface area contributed by atoms with Gasteiger partial charge in [-0.05, 0) is 13.8 Å². The zero-order valence-corrected chi connectivity index (χ0v) is 9.55. The highest BCUT2D eigenvalue weighted by Gasteiger charge is 2.24. The first-order chi connectivity index (χ1) is 6.93. The molecular weight excluding hydrogens is 198 g/mol. The fraction of sp³-hybridized carbons (Fsp3) is 0.900. The van der Waals surface area contributed by atoms with E-state index in [2.05, 4.69) is 0 Å². The average molecular weight is 219 g/mol. The molecule has 3 atom stereocenters. The molecule has 0 radical (unpaired) electrons. The van der Waals surface area contributed by atoms with E-state index in [9.17, 15) is 9.90 Å². The summed E-state index contributed by atoms with van der Waals surface area (Å²) in [6, 6.07) is -0.353. The minimum absolute atomic E-state index is 0.0709. The first-order valence-electron chi connectivity index (χ1n) is 5.18. The Morgan fingerprint density at radius 1 is 1.40 bits per heavy atom. The van der Waals surface area contributed by atoms with Gasteiger partial charge < -0.3 is 20.2 Å². The maximum Gasteiger partial charge on any atom is 0.219 e. The van der Waals surface area contributed by atoms with Crippen molar-refractivity contribution in [1.29, 1.82) is 0 Å². The fourth-order valence-electron chi connectivity index (χ4n) is 1.56. The lowest BCUT2D eigenvalue weighted by atomic mass is 10.0. The lowest BCUT2D eigenvalue weighted by Crippen LogP contribution is -2.45. The second kappa shape index (κ2) is 6.76. The van der Waals surface area contributed by atoms with Crippen LogP contribution < -0.4 is 0 Å². The SMILES string of the molecule is CCN(C(C)=O)C(C)C(O)CC(O)CO. The van der Waals surface area contributed by atoms with E-state index < -0.39 is 12.2 Å². The Hall–Kier alpha value is -0.650. The molecule has 0 aromatic rings. The van der Waals surface area contributed by atoms with Gasteiger partial charge in [-0.15, -0.1) is 0 Å². The zero-order valence-electron chi connectivity index (χ0n) is 9.55. The van der Waals surface area contributed by atoms with E-state index in [1.54, 1.807) is 6.92 Å². The summed E-state index contributed by atoms with van der Waals surface area (Å²) in [6.45, 7) is 5.13. The van der Waals surface area contributed by atoms with Gasteiger partial charge >= 0.3 is 0 Å². The molecule has 3 unspecified atom stereocenters. The van der Waals surface area contributed by atoms with Crippen LogP contribution in [0.5, 0.6) is 0 Å². The van der Waals surface area contributed by atoms with Crippen molar-refractivity contribution in [1.82, 2.24) is 4.90 Å². The summed E-state index contributed by atoms with van der Waals surface area (Å²) >= 11 is 0. The third-order valence-electron chi connectivity index (χ3n) is 2.52. The third kappa shape index (κ3) is 4.59. The van der Waals surface area contributed by atoms with Crippen LogP contribution in [-0.2, 0) is 4.79 Å². The van der Waals surface area contributed by atoms with Crippen LogP contribution in [0.3, 0.4) is 0 Å². The van der Waals surface area contributed by atoms with Crippen molar-refractivity contribution < 1.29 is 20.1 Å². The Morgan fingerprint density at radius 2 is 1.93 bits per heavy atom. The lowest BCUT2D eigenvalue weighted by molar-refractivity contribution is -0.133. The topological polar surface area (TPSA) is 81.0 Å². The molecule has 5 nitrogen and oxygen atoms in total. The molecule has 5 heteroatoms. The van der Waals surface area contributed by atoms with Crippen molar-refractivity contribution >= 4 is 5.91 Å². The number of hydrogen-bond acceptors (Lipinski definition) is 4. The summed E-state index contributed by atoms with van der Waals surface area (Å²) < 4.78 is 0. The molecule has 0 aliphatic carbocycles. The van der Waals surface area contributed by atoms with Crippen molar-refractivity contribution in [2.24, 2.45) is 0 Å². The quantitative estimate of drug-likeness (QED) is 0.554. The van der Waals surface area contributed by atoms with Crippen molar-refractivity contribution in [2.75, 3.05) is 13.2 Å². The number of likely N-dealkylation sites (N-methyl/N-ethyl adjacent to an activating group) is 1. The van der Waals surface area contributed by atoms with Crippen molar-refractivity contribution in [3.63, 3.8) is 0 Å². The predicted molar refractivity (Wildman–Crippen MR) is 56.2 cm³/mol. The molecule has 0 aliphatic rings. The number of carbonyl (C=O) groups excluding carboxylic acids is 1. The molecule has 1 amide bonds. The van der Waals surface area contributed by atoms with Crippen molar-refractivity contribution in [3.05, 3.63) is 0 Å². The summed E-state index contributed by atoms with van der Waals surface area (Å²) in [7, 11) is 0. The minimum atomic E-state index is -0.937. The third-order valence-corrected chi connectivity index (χ3v) is 2.52. The van der Waals surface area contributed by atoms with E-state index in [4.69, 9.17) is 10.2 Å². The molecule has 0 aromatic carbocycles. The summed E-state index contributed by atoms with van der Waals surface area (Å²) in [4.78, 5) is 12.7. The van der Waals surface area contributed by atoms with Gasteiger partial charge in [0, 0.05) is 19.9 Å². The molecule has 0 heterocycles. The van der Waals surface area contributed by atoms with Crippen LogP contribution in [0.4, 0.5) is 0 Å². The highest BCUT2D eigenvalue weighted by Crippen LogP contribution is 2.10. The second-order valence-corrected chi connectivity index (χ2v) is 3.69. The highest BCUT2D eigenvalue weighted by atomic mass is 16.3. The maximum absolute atomic E-state index is 11.2. The number of carbonyl (C=O) groups is 1. The van der Waals surface area contributed by atoms with Gasteiger partial charge in [-0.3, -0.25) is 4.79 Å². The van der Waals surface area contributed by atoms with Crippen LogP contribution >= 0.6 is 0 Å². The van der Waals surface area contributed by atoms with Gasteiger partial charge in [0.15, 0.2) is 0 Å². The number of aliphatic hydroxyl groups excluding tert-OH is 3. The molecule has 0 saturated carbocycles. The first kappa shape index (κ1) is 14.3. The van der Waals surface area contributed by atoms with Gasteiger partial charge in [0.1, 0.15) is 0 Å². The van der Waals surface area contributed by atoms with Gasteiger partial charge in [-0.1, -0.05) is 0 Å². The Kier molecular flexibility index (Phi) is 6.47. The monoisotopic (exact) mass is 219 g/mol. The first-order valence-corrected chi connectivity index (χ1v) is 5.18. The summed E-state index contributed by atoms with van der Waals surface area (Å²) in [5, 5.41) is 27.5. The number of aliphatic hydroxyl groups is 3. The molecule has 0 saturated heterocycles. The van der Waals surface area contributed by atoms with Gasteiger partial charge in [-0.2, -0.15) is 0 Å². The molecule has 0 spiro atoms. The van der Waals surface area contributed by atoms with Gasteiger partial charge in [-0.25, -0.2) is 0 Å². The van der Waals surface area contributed by atoms with Crippen LogP contribution in [0.25, 0.3) is 0 Å². The Morgan fingerprint density at radius 3 is 2.27 bits per heavy atom. The van der Waals surface area contributed by atoms with Crippen LogP contribution in [0.2, 0.25) is 0 Å². The second-order valence-electron chi connectivity index (χ2n) is 3.69.